The van der Waals surface area contributed by atoms with Gasteiger partial charge in [-0.2, -0.15) is 0 Å². The average molecular weight is 295 g/mol. The number of ether oxygens (including phenoxy) is 1. The molecule has 2 rings (SSSR count). The number of hydrogen-bond acceptors (Lipinski definition) is 3. The predicted octanol–water partition coefficient (Wildman–Crippen LogP) is 3.92. The zero-order valence-electron chi connectivity index (χ0n) is 9.27. The Bertz CT molecular complexity index is 531. The average Bonchev–Trinajstić information content (AvgIpc) is 2.81. The van der Waals surface area contributed by atoms with Crippen LogP contribution in [0.25, 0.3) is 11.3 Å². The molecule has 3 nitrogen and oxygen atoms in total. The van der Waals surface area contributed by atoms with Crippen molar-refractivity contribution in [1.29, 1.82) is 0 Å². The largest absolute Gasteiger partial charge is 0.493 e. The highest BCUT2D eigenvalue weighted by Gasteiger charge is 2.07. The molecule has 0 saturated carbocycles. The molecule has 4 heteroatoms. The molecule has 1 aromatic carbocycles. The molecule has 0 aliphatic heterocycles. The van der Waals surface area contributed by atoms with Gasteiger partial charge in [0.05, 0.1) is 11.1 Å². The maximum Gasteiger partial charge on any atom is 0.185 e. The van der Waals surface area contributed by atoms with Crippen molar-refractivity contribution in [1.82, 2.24) is 0 Å². The van der Waals surface area contributed by atoms with Crippen LogP contribution in [0, 0.1) is 0 Å². The first-order valence-corrected chi connectivity index (χ1v) is 6.01. The van der Waals surface area contributed by atoms with Crippen LogP contribution in [0.3, 0.4) is 0 Å². The molecule has 17 heavy (non-hydrogen) atoms. The lowest BCUT2D eigenvalue weighted by atomic mass is 10.1. The number of halogens is 1. The van der Waals surface area contributed by atoms with Crippen molar-refractivity contribution < 1.29 is 13.9 Å². The Hall–Kier alpha value is -1.55. The van der Waals surface area contributed by atoms with E-state index < -0.39 is 0 Å². The van der Waals surface area contributed by atoms with Gasteiger partial charge in [-0.25, -0.2) is 0 Å². The molecule has 2 aromatic rings. The van der Waals surface area contributed by atoms with Crippen molar-refractivity contribution in [3.8, 4) is 17.1 Å². The maximum absolute atomic E-state index is 10.5. The number of carbonyl (C=O) groups excluding carboxylic acids is 1. The normalized spacial score (nSPS) is 10.2. The fraction of sp³-hybridized carbons (Fsp3) is 0.154. The van der Waals surface area contributed by atoms with Crippen LogP contribution in [-0.4, -0.2) is 12.9 Å². The molecule has 0 fully saturated rings. The Kier molecular flexibility index (Phi) is 3.64. The number of furan rings is 1. The smallest absolute Gasteiger partial charge is 0.185 e. The molecular weight excluding hydrogens is 284 g/mol. The minimum atomic E-state index is 0.320. The third-order valence-electron chi connectivity index (χ3n) is 2.26. The van der Waals surface area contributed by atoms with Gasteiger partial charge in [0.2, 0.25) is 0 Å². The number of aldehydes is 1. The molecule has 0 saturated heterocycles. The maximum atomic E-state index is 10.5. The van der Waals surface area contributed by atoms with E-state index in [9.17, 15) is 4.79 Å². The Morgan fingerprint density at radius 2 is 2.18 bits per heavy atom. The zero-order valence-corrected chi connectivity index (χ0v) is 10.9. The molecule has 0 radical (unpaired) electrons. The van der Waals surface area contributed by atoms with Crippen LogP contribution in [0.2, 0.25) is 0 Å². The molecule has 0 atom stereocenters. The Morgan fingerprint density at radius 1 is 1.35 bits per heavy atom. The summed E-state index contributed by atoms with van der Waals surface area (Å²) in [6.07, 6.45) is 0.686. The van der Waals surface area contributed by atoms with Gasteiger partial charge in [-0.05, 0) is 53.2 Å². The minimum Gasteiger partial charge on any atom is -0.493 e. The molecule has 0 bridgehead atoms. The van der Waals surface area contributed by atoms with E-state index >= 15 is 0 Å². The van der Waals surface area contributed by atoms with Crippen molar-refractivity contribution in [2.24, 2.45) is 0 Å². The molecule has 1 heterocycles. The van der Waals surface area contributed by atoms with Gasteiger partial charge in [0.15, 0.2) is 12.0 Å². The lowest BCUT2D eigenvalue weighted by Gasteiger charge is -2.07. The molecule has 0 N–H and O–H groups in total. The van der Waals surface area contributed by atoms with Crippen LogP contribution in [0.15, 0.2) is 39.2 Å². The number of hydrogen-bond donors (Lipinski definition) is 0. The van der Waals surface area contributed by atoms with Gasteiger partial charge in [-0.1, -0.05) is 0 Å². The van der Waals surface area contributed by atoms with Gasteiger partial charge in [-0.3, -0.25) is 4.79 Å². The minimum absolute atomic E-state index is 0.320. The summed E-state index contributed by atoms with van der Waals surface area (Å²) in [5.74, 6) is 1.73. The van der Waals surface area contributed by atoms with Crippen molar-refractivity contribution >= 4 is 22.2 Å². The third-order valence-corrected chi connectivity index (χ3v) is 2.91. The van der Waals surface area contributed by atoms with Gasteiger partial charge >= 0.3 is 0 Å². The van der Waals surface area contributed by atoms with E-state index in [1.165, 1.54) is 0 Å². The summed E-state index contributed by atoms with van der Waals surface area (Å²) >= 11 is 3.41. The van der Waals surface area contributed by atoms with Gasteiger partial charge in [0.1, 0.15) is 11.5 Å². The highest BCUT2D eigenvalue weighted by atomic mass is 79.9. The van der Waals surface area contributed by atoms with E-state index in [4.69, 9.17) is 9.15 Å². The lowest BCUT2D eigenvalue weighted by molar-refractivity contribution is 0.110. The first kappa shape index (κ1) is 11.9. The summed E-state index contributed by atoms with van der Waals surface area (Å²) in [6, 6.07) is 9.08. The summed E-state index contributed by atoms with van der Waals surface area (Å²) in [5, 5.41) is 0. The van der Waals surface area contributed by atoms with E-state index in [1.54, 1.807) is 12.1 Å². The second-order valence-electron chi connectivity index (χ2n) is 3.40. The molecular formula is C13H11BrO3. The zero-order chi connectivity index (χ0) is 12.3. The van der Waals surface area contributed by atoms with E-state index in [2.05, 4.69) is 15.9 Å². The molecule has 1 aromatic heterocycles. The number of rotatable bonds is 4. The summed E-state index contributed by atoms with van der Waals surface area (Å²) in [7, 11) is 0. The third kappa shape index (κ3) is 2.58. The Balaban J connectivity index is 2.38. The van der Waals surface area contributed by atoms with Crippen molar-refractivity contribution in [2.45, 2.75) is 6.92 Å². The molecule has 0 aliphatic rings. The second kappa shape index (κ2) is 5.19. The quantitative estimate of drug-likeness (QED) is 0.802. The van der Waals surface area contributed by atoms with Gasteiger partial charge < -0.3 is 9.15 Å². The standard InChI is InChI=1S/C13H11BrO3/c1-2-16-13-7-9(3-5-11(13)14)12-6-4-10(8-15)17-12/h3-8H,2H2,1H3. The van der Waals surface area contributed by atoms with Crippen molar-refractivity contribution in [3.63, 3.8) is 0 Å². The first-order chi connectivity index (χ1) is 8.24. The number of carbonyl (C=O) groups is 1. The van der Waals surface area contributed by atoms with Crippen LogP contribution in [0.1, 0.15) is 17.5 Å². The summed E-state index contributed by atoms with van der Waals surface area (Å²) < 4.78 is 11.7. The Morgan fingerprint density at radius 3 is 2.82 bits per heavy atom. The highest BCUT2D eigenvalue weighted by molar-refractivity contribution is 9.10. The van der Waals surface area contributed by atoms with E-state index in [-0.39, 0.29) is 0 Å². The van der Waals surface area contributed by atoms with Crippen molar-refractivity contribution in [2.75, 3.05) is 6.61 Å². The Labute approximate surface area is 108 Å². The van der Waals surface area contributed by atoms with Gasteiger partial charge in [-0.15, -0.1) is 0 Å². The second-order valence-corrected chi connectivity index (χ2v) is 4.25. The predicted molar refractivity (Wildman–Crippen MR) is 68.4 cm³/mol. The van der Waals surface area contributed by atoms with Crippen LogP contribution < -0.4 is 4.74 Å². The molecule has 0 unspecified atom stereocenters. The topological polar surface area (TPSA) is 39.4 Å². The lowest BCUT2D eigenvalue weighted by Crippen LogP contribution is -1.92. The molecule has 0 spiro atoms. The fourth-order valence-corrected chi connectivity index (χ4v) is 1.86. The summed E-state index contributed by atoms with van der Waals surface area (Å²) in [5.41, 5.74) is 0.879. The first-order valence-electron chi connectivity index (χ1n) is 5.22. The van der Waals surface area contributed by atoms with E-state index in [0.29, 0.717) is 24.4 Å². The van der Waals surface area contributed by atoms with Crippen LogP contribution in [0.4, 0.5) is 0 Å². The summed E-state index contributed by atoms with van der Waals surface area (Å²) in [4.78, 5) is 10.5. The van der Waals surface area contributed by atoms with Crippen LogP contribution in [0.5, 0.6) is 5.75 Å². The summed E-state index contributed by atoms with van der Waals surface area (Å²) in [6.45, 7) is 2.52. The van der Waals surface area contributed by atoms with Gasteiger partial charge in [0, 0.05) is 5.56 Å². The monoisotopic (exact) mass is 294 g/mol. The van der Waals surface area contributed by atoms with E-state index in [0.717, 1.165) is 15.8 Å². The SMILES string of the molecule is CCOc1cc(-c2ccc(C=O)o2)ccc1Br. The highest BCUT2D eigenvalue weighted by Crippen LogP contribution is 2.31. The van der Waals surface area contributed by atoms with E-state index in [1.807, 2.05) is 25.1 Å². The fourth-order valence-electron chi connectivity index (χ4n) is 1.49. The van der Waals surface area contributed by atoms with Crippen LogP contribution >= 0.6 is 15.9 Å². The molecule has 88 valence electrons. The molecule has 0 aliphatic carbocycles. The number of benzene rings is 1. The molecule has 0 amide bonds. The van der Waals surface area contributed by atoms with Crippen LogP contribution in [-0.2, 0) is 0 Å². The van der Waals surface area contributed by atoms with Crippen molar-refractivity contribution in [3.05, 3.63) is 40.6 Å². The van der Waals surface area contributed by atoms with Gasteiger partial charge in [0.25, 0.3) is 0 Å².